The predicted molar refractivity (Wildman–Crippen MR) is 150 cm³/mol. The zero-order valence-corrected chi connectivity index (χ0v) is 19.4. The SMILES string of the molecule is N#Cc1ccc(-c2cccc(-c3c4ccc5ccccc5c4nc4c3ccc3ccccc34)c2)cc1. The van der Waals surface area contributed by atoms with E-state index in [1.165, 1.54) is 16.3 Å². The number of benzene rings is 6. The Labute approximate surface area is 208 Å². The van der Waals surface area contributed by atoms with E-state index in [-0.39, 0.29) is 0 Å². The van der Waals surface area contributed by atoms with Crippen LogP contribution >= 0.6 is 0 Å². The van der Waals surface area contributed by atoms with Gasteiger partial charge in [0.05, 0.1) is 22.7 Å². The van der Waals surface area contributed by atoms with E-state index in [1.807, 2.05) is 24.3 Å². The van der Waals surface area contributed by atoms with Gasteiger partial charge in [0.1, 0.15) is 0 Å². The third-order valence-electron chi connectivity index (χ3n) is 7.06. The summed E-state index contributed by atoms with van der Waals surface area (Å²) in [6, 6.07) is 44.4. The van der Waals surface area contributed by atoms with Gasteiger partial charge in [0.25, 0.3) is 0 Å². The van der Waals surface area contributed by atoms with Crippen molar-refractivity contribution in [1.82, 2.24) is 4.98 Å². The monoisotopic (exact) mass is 456 g/mol. The van der Waals surface area contributed by atoms with Crippen LogP contribution in [-0.2, 0) is 0 Å². The predicted octanol–water partition coefficient (Wildman–Crippen LogP) is 8.90. The molecule has 1 aromatic heterocycles. The molecule has 0 fully saturated rings. The average molecular weight is 457 g/mol. The second kappa shape index (κ2) is 8.05. The van der Waals surface area contributed by atoms with E-state index in [4.69, 9.17) is 4.98 Å². The van der Waals surface area contributed by atoms with Gasteiger partial charge in [0.2, 0.25) is 0 Å². The van der Waals surface area contributed by atoms with Crippen LogP contribution in [0.4, 0.5) is 0 Å². The lowest BCUT2D eigenvalue weighted by atomic mass is 9.91. The molecule has 0 radical (unpaired) electrons. The minimum absolute atomic E-state index is 0.666. The first-order valence-electron chi connectivity index (χ1n) is 12.0. The highest BCUT2D eigenvalue weighted by atomic mass is 14.7. The summed E-state index contributed by atoms with van der Waals surface area (Å²) >= 11 is 0. The number of fused-ring (bicyclic) bond motifs is 6. The molecule has 0 saturated carbocycles. The Kier molecular flexibility index (Phi) is 4.55. The molecule has 0 spiro atoms. The molecular weight excluding hydrogens is 436 g/mol. The molecule has 7 aromatic rings. The van der Waals surface area contributed by atoms with Gasteiger partial charge in [-0.1, -0.05) is 103 Å². The first-order valence-corrected chi connectivity index (χ1v) is 12.0. The Morgan fingerprint density at radius 3 is 1.67 bits per heavy atom. The van der Waals surface area contributed by atoms with E-state index in [2.05, 4.69) is 103 Å². The maximum absolute atomic E-state index is 9.19. The number of nitriles is 1. The molecule has 2 nitrogen and oxygen atoms in total. The Morgan fingerprint density at radius 2 is 1.06 bits per heavy atom. The molecule has 0 saturated heterocycles. The molecule has 0 aliphatic heterocycles. The minimum Gasteiger partial charge on any atom is -0.246 e. The molecule has 2 heteroatoms. The van der Waals surface area contributed by atoms with E-state index in [0.29, 0.717) is 5.56 Å². The van der Waals surface area contributed by atoms with Crippen LogP contribution in [0.15, 0.2) is 121 Å². The third kappa shape index (κ3) is 3.15. The van der Waals surface area contributed by atoms with Crippen LogP contribution in [0, 0.1) is 11.3 Å². The van der Waals surface area contributed by atoms with Gasteiger partial charge in [0, 0.05) is 27.1 Å². The zero-order chi connectivity index (χ0) is 24.1. The molecule has 0 unspecified atom stereocenters. The number of hydrogen-bond donors (Lipinski definition) is 0. The highest BCUT2D eigenvalue weighted by Crippen LogP contribution is 2.40. The number of hydrogen-bond acceptors (Lipinski definition) is 2. The maximum atomic E-state index is 9.19. The van der Waals surface area contributed by atoms with Crippen molar-refractivity contribution in [2.24, 2.45) is 0 Å². The van der Waals surface area contributed by atoms with Crippen molar-refractivity contribution < 1.29 is 0 Å². The Hall–Kier alpha value is -5.00. The second-order valence-corrected chi connectivity index (χ2v) is 9.12. The molecule has 166 valence electrons. The van der Waals surface area contributed by atoms with Crippen molar-refractivity contribution in [3.63, 3.8) is 0 Å². The molecule has 0 atom stereocenters. The van der Waals surface area contributed by atoms with Crippen molar-refractivity contribution >= 4 is 43.4 Å². The lowest BCUT2D eigenvalue weighted by Crippen LogP contribution is -1.92. The summed E-state index contributed by atoms with van der Waals surface area (Å²) in [7, 11) is 0. The van der Waals surface area contributed by atoms with Crippen LogP contribution < -0.4 is 0 Å². The normalized spacial score (nSPS) is 11.3. The van der Waals surface area contributed by atoms with Gasteiger partial charge in [-0.3, -0.25) is 0 Å². The topological polar surface area (TPSA) is 36.7 Å². The summed E-state index contributed by atoms with van der Waals surface area (Å²) in [4.78, 5) is 5.29. The van der Waals surface area contributed by atoms with Crippen molar-refractivity contribution in [3.8, 4) is 28.3 Å². The van der Waals surface area contributed by atoms with Crippen LogP contribution in [0.1, 0.15) is 5.56 Å². The highest BCUT2D eigenvalue weighted by molar-refractivity contribution is 6.21. The summed E-state index contributed by atoms with van der Waals surface area (Å²) < 4.78 is 0. The standard InChI is InChI=1S/C34H20N2/c35-21-22-12-14-23(15-13-22)26-8-5-9-27(20-26)32-30-18-16-24-6-1-3-10-28(24)33(30)36-34-29-11-4-2-7-25(29)17-19-31(32)34/h1-20H. The molecule has 0 aliphatic rings. The quantitative estimate of drug-likeness (QED) is 0.192. The molecular formula is C34H20N2. The summed E-state index contributed by atoms with van der Waals surface area (Å²) in [5.41, 5.74) is 7.28. The van der Waals surface area contributed by atoms with Crippen molar-refractivity contribution in [2.75, 3.05) is 0 Å². The summed E-state index contributed by atoms with van der Waals surface area (Å²) in [6.45, 7) is 0. The first kappa shape index (κ1) is 20.4. The number of pyridine rings is 1. The number of rotatable bonds is 2. The average Bonchev–Trinajstić information content (AvgIpc) is 2.96. The molecule has 0 amide bonds. The fourth-order valence-corrected chi connectivity index (χ4v) is 5.31. The van der Waals surface area contributed by atoms with E-state index in [0.717, 1.165) is 49.3 Å². The van der Waals surface area contributed by atoms with E-state index >= 15 is 0 Å². The van der Waals surface area contributed by atoms with Crippen molar-refractivity contribution in [2.45, 2.75) is 0 Å². The zero-order valence-electron chi connectivity index (χ0n) is 19.4. The smallest absolute Gasteiger partial charge is 0.0991 e. The molecule has 6 aromatic carbocycles. The first-order chi connectivity index (χ1) is 17.8. The van der Waals surface area contributed by atoms with Gasteiger partial charge < -0.3 is 0 Å². The lowest BCUT2D eigenvalue weighted by Gasteiger charge is -2.15. The maximum Gasteiger partial charge on any atom is 0.0991 e. The fraction of sp³-hybridized carbons (Fsp3) is 0. The molecule has 0 N–H and O–H groups in total. The highest BCUT2D eigenvalue weighted by Gasteiger charge is 2.15. The van der Waals surface area contributed by atoms with Crippen molar-refractivity contribution in [3.05, 3.63) is 127 Å². The number of nitrogens with zero attached hydrogens (tertiary/aromatic N) is 2. The van der Waals surface area contributed by atoms with Crippen LogP contribution in [0.25, 0.3) is 65.6 Å². The Balaban J connectivity index is 1.59. The van der Waals surface area contributed by atoms with Crippen LogP contribution in [0.3, 0.4) is 0 Å². The van der Waals surface area contributed by atoms with E-state index < -0.39 is 0 Å². The van der Waals surface area contributed by atoms with Crippen LogP contribution in [-0.4, -0.2) is 4.98 Å². The van der Waals surface area contributed by atoms with Gasteiger partial charge in [-0.15, -0.1) is 0 Å². The van der Waals surface area contributed by atoms with Crippen LogP contribution in [0.5, 0.6) is 0 Å². The summed E-state index contributed by atoms with van der Waals surface area (Å²) in [5, 5.41) is 16.2. The largest absolute Gasteiger partial charge is 0.246 e. The van der Waals surface area contributed by atoms with Gasteiger partial charge in [-0.2, -0.15) is 5.26 Å². The van der Waals surface area contributed by atoms with Crippen LogP contribution in [0.2, 0.25) is 0 Å². The van der Waals surface area contributed by atoms with Gasteiger partial charge in [0.15, 0.2) is 0 Å². The van der Waals surface area contributed by atoms with E-state index in [9.17, 15) is 5.26 Å². The Bertz CT molecular complexity index is 1900. The lowest BCUT2D eigenvalue weighted by molar-refractivity contribution is 1.48. The molecule has 36 heavy (non-hydrogen) atoms. The van der Waals surface area contributed by atoms with Gasteiger partial charge in [-0.25, -0.2) is 4.98 Å². The van der Waals surface area contributed by atoms with E-state index in [1.54, 1.807) is 0 Å². The Morgan fingerprint density at radius 1 is 0.472 bits per heavy atom. The molecule has 0 bridgehead atoms. The number of aromatic nitrogens is 1. The summed E-state index contributed by atoms with van der Waals surface area (Å²) in [5.74, 6) is 0. The minimum atomic E-state index is 0.666. The van der Waals surface area contributed by atoms with Gasteiger partial charge in [-0.05, 0) is 45.7 Å². The fourth-order valence-electron chi connectivity index (χ4n) is 5.31. The van der Waals surface area contributed by atoms with Crippen molar-refractivity contribution in [1.29, 1.82) is 5.26 Å². The third-order valence-corrected chi connectivity index (χ3v) is 7.06. The van der Waals surface area contributed by atoms with Gasteiger partial charge >= 0.3 is 0 Å². The molecule has 1 heterocycles. The summed E-state index contributed by atoms with van der Waals surface area (Å²) in [6.07, 6.45) is 0. The molecule has 7 rings (SSSR count). The second-order valence-electron chi connectivity index (χ2n) is 9.12. The molecule has 0 aliphatic carbocycles.